The largest absolute Gasteiger partial charge is 0.497 e. The van der Waals surface area contributed by atoms with Gasteiger partial charge < -0.3 is 19.2 Å². The van der Waals surface area contributed by atoms with Crippen molar-refractivity contribution in [3.8, 4) is 23.0 Å². The number of hydrogen-bond acceptors (Lipinski definition) is 6. The lowest BCUT2D eigenvalue weighted by Gasteiger charge is -2.14. The highest BCUT2D eigenvalue weighted by atomic mass is 32.1. The first-order valence-electron chi connectivity index (χ1n) is 11.2. The number of benzene rings is 4. The quantitative estimate of drug-likeness (QED) is 0.284. The normalized spacial score (nSPS) is 10.9. The third-order valence-corrected chi connectivity index (χ3v) is 6.07. The Labute approximate surface area is 213 Å². The number of fused-ring (bicyclic) bond motifs is 2. The number of thiocarbonyl (C=S) groups is 1. The summed E-state index contributed by atoms with van der Waals surface area (Å²) in [5, 5.41) is 7.95. The molecule has 1 aromatic heterocycles. The van der Waals surface area contributed by atoms with Crippen LogP contribution < -0.4 is 20.1 Å². The van der Waals surface area contributed by atoms with Crippen molar-refractivity contribution in [2.45, 2.75) is 6.92 Å². The number of aromatic nitrogens is 1. The molecule has 0 fully saturated rings. The number of ether oxygens (including phenoxy) is 2. The maximum Gasteiger partial charge on any atom is 0.261 e. The average Bonchev–Trinajstić information content (AvgIpc) is 3.32. The van der Waals surface area contributed by atoms with E-state index in [1.807, 2.05) is 73.7 Å². The van der Waals surface area contributed by atoms with E-state index in [0.717, 1.165) is 27.6 Å². The zero-order valence-corrected chi connectivity index (χ0v) is 20.7. The van der Waals surface area contributed by atoms with Crippen molar-refractivity contribution in [1.29, 1.82) is 0 Å². The Morgan fingerprint density at radius 3 is 2.47 bits per heavy atom. The molecule has 7 nitrogen and oxygen atoms in total. The van der Waals surface area contributed by atoms with Gasteiger partial charge in [-0.3, -0.25) is 10.1 Å². The molecule has 1 heterocycles. The molecule has 0 aliphatic carbocycles. The fourth-order valence-corrected chi connectivity index (χ4v) is 4.14. The van der Waals surface area contributed by atoms with Crippen molar-refractivity contribution in [2.75, 3.05) is 19.5 Å². The minimum absolute atomic E-state index is 0.165. The summed E-state index contributed by atoms with van der Waals surface area (Å²) in [6.07, 6.45) is 0. The van der Waals surface area contributed by atoms with Crippen molar-refractivity contribution < 1.29 is 18.7 Å². The van der Waals surface area contributed by atoms with Crippen molar-refractivity contribution in [3.63, 3.8) is 0 Å². The molecule has 0 saturated carbocycles. The summed E-state index contributed by atoms with van der Waals surface area (Å²) in [4.78, 5) is 17.6. The zero-order valence-electron chi connectivity index (χ0n) is 19.9. The van der Waals surface area contributed by atoms with Crippen LogP contribution in [-0.4, -0.2) is 30.2 Å². The number of rotatable bonds is 5. The van der Waals surface area contributed by atoms with Gasteiger partial charge in [-0.05, 0) is 71.9 Å². The van der Waals surface area contributed by atoms with E-state index in [2.05, 4.69) is 15.6 Å². The van der Waals surface area contributed by atoms with Crippen LogP contribution in [0.1, 0.15) is 15.9 Å². The van der Waals surface area contributed by atoms with Crippen molar-refractivity contribution >= 4 is 50.8 Å². The van der Waals surface area contributed by atoms with E-state index in [4.69, 9.17) is 26.1 Å². The first kappa shape index (κ1) is 23.3. The van der Waals surface area contributed by atoms with Crippen LogP contribution in [0.3, 0.4) is 0 Å². The second-order valence-electron chi connectivity index (χ2n) is 8.19. The maximum atomic E-state index is 13.0. The van der Waals surface area contributed by atoms with Gasteiger partial charge in [-0.25, -0.2) is 4.98 Å². The molecule has 1 amide bonds. The van der Waals surface area contributed by atoms with Crippen LogP contribution in [0.2, 0.25) is 0 Å². The van der Waals surface area contributed by atoms with Gasteiger partial charge in [0.2, 0.25) is 5.89 Å². The third kappa shape index (κ3) is 4.58. The number of oxazole rings is 1. The molecule has 5 aromatic rings. The lowest BCUT2D eigenvalue weighted by molar-refractivity contribution is 0.0975. The highest BCUT2D eigenvalue weighted by Crippen LogP contribution is 2.30. The molecule has 0 atom stereocenters. The standard InChI is InChI=1S/C28H23N3O4S/c1-16-8-9-19(27-29-23-15-20(33-2)10-11-24(23)35-27)13-22(16)30-28(36)31-26(32)21-12-17-6-4-5-7-18(17)14-25(21)34-3/h4-15H,1-3H3,(H2,30,31,32,36). The molecule has 0 radical (unpaired) electrons. The Bertz CT molecular complexity index is 1630. The van der Waals surface area contributed by atoms with Crippen LogP contribution in [0.15, 0.2) is 77.2 Å². The molecule has 8 heteroatoms. The van der Waals surface area contributed by atoms with Gasteiger partial charge in [0.15, 0.2) is 10.7 Å². The molecule has 0 unspecified atom stereocenters. The summed E-state index contributed by atoms with van der Waals surface area (Å²) in [5.74, 6) is 1.28. The fourth-order valence-electron chi connectivity index (χ4n) is 3.94. The van der Waals surface area contributed by atoms with Crippen LogP contribution in [-0.2, 0) is 0 Å². The number of amides is 1. The summed E-state index contributed by atoms with van der Waals surface area (Å²) >= 11 is 5.45. The van der Waals surface area contributed by atoms with Crippen LogP contribution >= 0.6 is 12.2 Å². The average molecular weight is 498 g/mol. The fraction of sp³-hybridized carbons (Fsp3) is 0.107. The number of aryl methyl sites for hydroxylation is 1. The molecule has 36 heavy (non-hydrogen) atoms. The molecule has 4 aromatic carbocycles. The smallest absolute Gasteiger partial charge is 0.261 e. The molecule has 180 valence electrons. The van der Waals surface area contributed by atoms with Gasteiger partial charge in [0.05, 0.1) is 19.8 Å². The molecule has 0 saturated heterocycles. The highest BCUT2D eigenvalue weighted by Gasteiger charge is 2.16. The van der Waals surface area contributed by atoms with E-state index in [1.54, 1.807) is 13.2 Å². The van der Waals surface area contributed by atoms with E-state index in [0.29, 0.717) is 34.1 Å². The first-order chi connectivity index (χ1) is 17.4. The Hall–Kier alpha value is -4.43. The van der Waals surface area contributed by atoms with Crippen LogP contribution in [0, 0.1) is 6.92 Å². The molecule has 0 aliphatic heterocycles. The molecule has 0 bridgehead atoms. The Balaban J connectivity index is 1.36. The van der Waals surface area contributed by atoms with Gasteiger partial charge in [0.1, 0.15) is 17.0 Å². The van der Waals surface area contributed by atoms with Crippen molar-refractivity contribution in [2.24, 2.45) is 0 Å². The van der Waals surface area contributed by atoms with Gasteiger partial charge in [0.25, 0.3) is 5.91 Å². The Morgan fingerprint density at radius 1 is 0.944 bits per heavy atom. The second kappa shape index (κ2) is 9.67. The number of nitrogens with zero attached hydrogens (tertiary/aromatic N) is 1. The molecular formula is C28H23N3O4S. The molecule has 0 spiro atoms. The summed E-state index contributed by atoms with van der Waals surface area (Å²) in [7, 11) is 3.15. The summed E-state index contributed by atoms with van der Waals surface area (Å²) in [6.45, 7) is 1.94. The molecule has 0 aliphatic rings. The zero-order chi connectivity index (χ0) is 25.2. The maximum absolute atomic E-state index is 13.0. The number of carbonyl (C=O) groups excluding carboxylic acids is 1. The van der Waals surface area contributed by atoms with Crippen molar-refractivity contribution in [3.05, 3.63) is 83.9 Å². The summed E-state index contributed by atoms with van der Waals surface area (Å²) < 4.78 is 16.6. The highest BCUT2D eigenvalue weighted by molar-refractivity contribution is 7.80. The van der Waals surface area contributed by atoms with E-state index >= 15 is 0 Å². The number of carbonyl (C=O) groups is 1. The summed E-state index contributed by atoms with van der Waals surface area (Å²) in [5.41, 5.74) is 4.19. The van der Waals surface area contributed by atoms with Gasteiger partial charge >= 0.3 is 0 Å². The number of hydrogen-bond donors (Lipinski definition) is 2. The summed E-state index contributed by atoms with van der Waals surface area (Å²) in [6, 6.07) is 22.6. The van der Waals surface area contributed by atoms with Crippen molar-refractivity contribution in [1.82, 2.24) is 10.3 Å². The SMILES string of the molecule is COc1ccc2oc(-c3ccc(C)c(NC(=S)NC(=O)c4cc5ccccc5cc4OC)c3)nc2c1. The third-order valence-electron chi connectivity index (χ3n) is 5.87. The number of nitrogens with one attached hydrogen (secondary N) is 2. The van der Waals surface area contributed by atoms with Gasteiger partial charge in [-0.2, -0.15) is 0 Å². The lowest BCUT2D eigenvalue weighted by atomic mass is 10.1. The Kier molecular flexibility index (Phi) is 6.26. The minimum atomic E-state index is -0.364. The second-order valence-corrected chi connectivity index (χ2v) is 8.60. The van der Waals surface area contributed by atoms with E-state index < -0.39 is 0 Å². The molecule has 2 N–H and O–H groups in total. The first-order valence-corrected chi connectivity index (χ1v) is 11.6. The van der Waals surface area contributed by atoms with Crippen LogP contribution in [0.4, 0.5) is 5.69 Å². The number of methoxy groups -OCH3 is 2. The Morgan fingerprint density at radius 2 is 1.72 bits per heavy atom. The van der Waals surface area contributed by atoms with Crippen LogP contribution in [0.5, 0.6) is 11.5 Å². The van der Waals surface area contributed by atoms with Gasteiger partial charge in [-0.15, -0.1) is 0 Å². The monoisotopic (exact) mass is 497 g/mol. The van der Waals surface area contributed by atoms with Crippen LogP contribution in [0.25, 0.3) is 33.3 Å². The predicted molar refractivity (Wildman–Crippen MR) is 145 cm³/mol. The van der Waals surface area contributed by atoms with E-state index in [1.165, 1.54) is 7.11 Å². The number of anilines is 1. The predicted octanol–water partition coefficient (Wildman–Crippen LogP) is 6.10. The van der Waals surface area contributed by atoms with E-state index in [9.17, 15) is 4.79 Å². The molecular weight excluding hydrogens is 474 g/mol. The van der Waals surface area contributed by atoms with E-state index in [-0.39, 0.29) is 11.0 Å². The van der Waals surface area contributed by atoms with Gasteiger partial charge in [-0.1, -0.05) is 30.3 Å². The molecule has 5 rings (SSSR count). The topological polar surface area (TPSA) is 85.6 Å². The van der Waals surface area contributed by atoms with Gasteiger partial charge in [0, 0.05) is 17.3 Å². The lowest BCUT2D eigenvalue weighted by Crippen LogP contribution is -2.34. The minimum Gasteiger partial charge on any atom is -0.497 e.